The summed E-state index contributed by atoms with van der Waals surface area (Å²) in [5.74, 6) is -0.859. The van der Waals surface area contributed by atoms with Crippen molar-refractivity contribution in [2.75, 3.05) is 19.6 Å². The molecule has 0 spiro atoms. The number of aliphatic hydroxyl groups excluding tert-OH is 1. The van der Waals surface area contributed by atoms with Crippen LogP contribution in [0.25, 0.3) is 0 Å². The molecule has 3 amide bonds. The van der Waals surface area contributed by atoms with Crippen LogP contribution in [0.2, 0.25) is 0 Å². The van der Waals surface area contributed by atoms with Gasteiger partial charge in [-0.15, -0.1) is 0 Å². The first-order chi connectivity index (χ1) is 11.7. The predicted octanol–water partition coefficient (Wildman–Crippen LogP) is 0.389. The Labute approximate surface area is 148 Å². The molecule has 2 aliphatic heterocycles. The lowest BCUT2D eigenvalue weighted by molar-refractivity contribution is -0.146. The lowest BCUT2D eigenvalue weighted by Crippen LogP contribution is -2.56. The monoisotopic (exact) mass is 355 g/mol. The van der Waals surface area contributed by atoms with Crippen molar-refractivity contribution in [1.29, 1.82) is 0 Å². The van der Waals surface area contributed by atoms with Crippen LogP contribution in [-0.2, 0) is 14.3 Å². The summed E-state index contributed by atoms with van der Waals surface area (Å²) < 4.78 is 5.23. The first-order valence-corrected chi connectivity index (χ1v) is 8.91. The molecule has 2 aliphatic rings. The van der Waals surface area contributed by atoms with E-state index in [0.717, 1.165) is 12.8 Å². The van der Waals surface area contributed by atoms with Gasteiger partial charge in [-0.25, -0.2) is 4.79 Å². The fourth-order valence-electron chi connectivity index (χ4n) is 2.99. The van der Waals surface area contributed by atoms with Gasteiger partial charge in [-0.3, -0.25) is 9.59 Å². The highest BCUT2D eigenvalue weighted by atomic mass is 16.6. The van der Waals surface area contributed by atoms with Crippen LogP contribution in [0.5, 0.6) is 0 Å². The van der Waals surface area contributed by atoms with Crippen molar-refractivity contribution < 1.29 is 24.2 Å². The Kier molecular flexibility index (Phi) is 6.26. The number of likely N-dealkylation sites (tertiary alicyclic amines) is 1. The molecule has 8 nitrogen and oxygen atoms in total. The van der Waals surface area contributed by atoms with E-state index in [1.54, 1.807) is 25.7 Å². The van der Waals surface area contributed by atoms with E-state index in [9.17, 15) is 19.5 Å². The second kappa shape index (κ2) is 8.03. The maximum atomic E-state index is 12.3. The molecule has 2 rings (SSSR count). The third-order valence-electron chi connectivity index (χ3n) is 4.44. The number of ether oxygens (including phenoxy) is 1. The normalized spacial score (nSPS) is 23.1. The van der Waals surface area contributed by atoms with E-state index in [0.29, 0.717) is 26.1 Å². The highest BCUT2D eigenvalue weighted by Crippen LogP contribution is 2.21. The highest BCUT2D eigenvalue weighted by molar-refractivity contribution is 5.83. The number of rotatable bonds is 5. The molecule has 0 saturated carbocycles. The van der Waals surface area contributed by atoms with Crippen LogP contribution in [0.3, 0.4) is 0 Å². The van der Waals surface area contributed by atoms with Crippen LogP contribution in [0, 0.1) is 5.92 Å². The lowest BCUT2D eigenvalue weighted by atomic mass is 9.89. The van der Waals surface area contributed by atoms with Gasteiger partial charge in [0.05, 0.1) is 6.04 Å². The number of carbonyl (C=O) groups is 3. The van der Waals surface area contributed by atoms with Crippen molar-refractivity contribution in [3.8, 4) is 0 Å². The number of piperidine rings is 1. The minimum absolute atomic E-state index is 0.106. The zero-order valence-electron chi connectivity index (χ0n) is 15.2. The van der Waals surface area contributed by atoms with Gasteiger partial charge in [-0.2, -0.15) is 0 Å². The van der Waals surface area contributed by atoms with Gasteiger partial charge < -0.3 is 25.4 Å². The summed E-state index contributed by atoms with van der Waals surface area (Å²) in [5, 5.41) is 15.9. The van der Waals surface area contributed by atoms with Crippen molar-refractivity contribution >= 4 is 17.9 Å². The van der Waals surface area contributed by atoms with E-state index in [4.69, 9.17) is 4.74 Å². The molecule has 142 valence electrons. The number of hydrogen-bond acceptors (Lipinski definition) is 5. The predicted molar refractivity (Wildman–Crippen MR) is 90.7 cm³/mol. The SMILES string of the molecule is CC(C)(C)OC(=O)N[C@@H](C[C@@H]1CCCNC1=O)C(O)C(=O)N1CCC1. The number of nitrogens with one attached hydrogen (secondary N) is 2. The van der Waals surface area contributed by atoms with Gasteiger partial charge in [0.1, 0.15) is 5.60 Å². The average molecular weight is 355 g/mol. The number of alkyl carbamates (subject to hydrolysis) is 1. The summed E-state index contributed by atoms with van der Waals surface area (Å²) in [4.78, 5) is 38.0. The van der Waals surface area contributed by atoms with Gasteiger partial charge in [0.2, 0.25) is 5.91 Å². The van der Waals surface area contributed by atoms with Crippen LogP contribution in [0.1, 0.15) is 46.5 Å². The van der Waals surface area contributed by atoms with E-state index in [2.05, 4.69) is 10.6 Å². The molecule has 0 radical (unpaired) electrons. The van der Waals surface area contributed by atoms with Crippen LogP contribution in [0.4, 0.5) is 4.79 Å². The summed E-state index contributed by atoms with van der Waals surface area (Å²) >= 11 is 0. The molecular formula is C17H29N3O5. The van der Waals surface area contributed by atoms with Crippen molar-refractivity contribution in [3.05, 3.63) is 0 Å². The summed E-state index contributed by atoms with van der Waals surface area (Å²) in [7, 11) is 0. The topological polar surface area (TPSA) is 108 Å². The first kappa shape index (κ1) is 19.5. The molecule has 0 aromatic rings. The quantitative estimate of drug-likeness (QED) is 0.661. The zero-order chi connectivity index (χ0) is 18.6. The maximum absolute atomic E-state index is 12.3. The third-order valence-corrected chi connectivity index (χ3v) is 4.44. The minimum Gasteiger partial charge on any atom is -0.444 e. The third kappa shape index (κ3) is 5.59. The fraction of sp³-hybridized carbons (Fsp3) is 0.824. The smallest absolute Gasteiger partial charge is 0.407 e. The standard InChI is InChI=1S/C17H29N3O5/c1-17(2,3)25-16(24)19-12(10-11-6-4-7-18-14(11)22)13(21)15(23)20-8-5-9-20/h11-13,21H,4-10H2,1-3H3,(H,18,22)(H,19,24)/t11-,12-,13?/m0/s1. The highest BCUT2D eigenvalue weighted by Gasteiger charge is 2.37. The Morgan fingerprint density at radius 3 is 2.56 bits per heavy atom. The fourth-order valence-corrected chi connectivity index (χ4v) is 2.99. The van der Waals surface area contributed by atoms with E-state index in [1.807, 2.05) is 0 Å². The molecule has 25 heavy (non-hydrogen) atoms. The van der Waals surface area contributed by atoms with Crippen LogP contribution in [-0.4, -0.2) is 65.3 Å². The summed E-state index contributed by atoms with van der Waals surface area (Å²) in [6.45, 7) is 7.06. The summed E-state index contributed by atoms with van der Waals surface area (Å²) in [6.07, 6.45) is 0.528. The Morgan fingerprint density at radius 2 is 2.04 bits per heavy atom. The molecule has 0 aromatic carbocycles. The first-order valence-electron chi connectivity index (χ1n) is 8.91. The Balaban J connectivity index is 2.04. The average Bonchev–Trinajstić information content (AvgIpc) is 2.44. The largest absolute Gasteiger partial charge is 0.444 e. The Morgan fingerprint density at radius 1 is 1.36 bits per heavy atom. The van der Waals surface area contributed by atoms with E-state index < -0.39 is 29.7 Å². The maximum Gasteiger partial charge on any atom is 0.407 e. The van der Waals surface area contributed by atoms with E-state index in [-0.39, 0.29) is 18.2 Å². The van der Waals surface area contributed by atoms with Crippen molar-refractivity contribution in [2.45, 2.75) is 64.2 Å². The molecule has 8 heteroatoms. The number of aliphatic hydroxyl groups is 1. The molecule has 2 saturated heterocycles. The van der Waals surface area contributed by atoms with Crippen molar-refractivity contribution in [2.24, 2.45) is 5.92 Å². The van der Waals surface area contributed by atoms with Crippen molar-refractivity contribution in [3.63, 3.8) is 0 Å². The molecule has 1 unspecified atom stereocenters. The molecular weight excluding hydrogens is 326 g/mol. The lowest BCUT2D eigenvalue weighted by Gasteiger charge is -2.36. The number of amides is 3. The summed E-state index contributed by atoms with van der Waals surface area (Å²) in [5.41, 5.74) is -0.691. The van der Waals surface area contributed by atoms with Gasteiger partial charge in [-0.1, -0.05) is 0 Å². The number of nitrogens with zero attached hydrogens (tertiary/aromatic N) is 1. The second-order valence-electron chi connectivity index (χ2n) is 7.74. The molecule has 0 aromatic heterocycles. The van der Waals surface area contributed by atoms with Crippen LogP contribution in [0.15, 0.2) is 0 Å². The minimum atomic E-state index is -1.39. The molecule has 0 bridgehead atoms. The van der Waals surface area contributed by atoms with Gasteiger partial charge >= 0.3 is 6.09 Å². The zero-order valence-corrected chi connectivity index (χ0v) is 15.2. The Hall–Kier alpha value is -1.83. The Bertz CT molecular complexity index is 513. The van der Waals surface area contributed by atoms with Crippen LogP contribution < -0.4 is 10.6 Å². The van der Waals surface area contributed by atoms with E-state index in [1.165, 1.54) is 0 Å². The second-order valence-corrected chi connectivity index (χ2v) is 7.74. The number of carbonyl (C=O) groups excluding carboxylic acids is 3. The molecule has 3 atom stereocenters. The molecule has 0 aliphatic carbocycles. The van der Waals surface area contributed by atoms with E-state index >= 15 is 0 Å². The van der Waals surface area contributed by atoms with Gasteiger partial charge in [-0.05, 0) is 46.5 Å². The molecule has 2 heterocycles. The molecule has 2 fully saturated rings. The van der Waals surface area contributed by atoms with Gasteiger partial charge in [0.25, 0.3) is 5.91 Å². The number of hydrogen-bond donors (Lipinski definition) is 3. The van der Waals surface area contributed by atoms with Gasteiger partial charge in [0, 0.05) is 25.6 Å². The molecule has 3 N–H and O–H groups in total. The van der Waals surface area contributed by atoms with Crippen molar-refractivity contribution in [1.82, 2.24) is 15.5 Å². The van der Waals surface area contributed by atoms with Crippen LogP contribution >= 0.6 is 0 Å². The van der Waals surface area contributed by atoms with Gasteiger partial charge in [0.15, 0.2) is 6.10 Å². The summed E-state index contributed by atoms with van der Waals surface area (Å²) in [6, 6.07) is -0.864.